The number of carbonyl (C=O) groups is 1. The molecule has 1 N–H and O–H groups in total. The minimum atomic E-state index is -0.909. The minimum Gasteiger partial charge on any atom is -0.478 e. The second kappa shape index (κ2) is 2.90. The first-order valence-corrected chi connectivity index (χ1v) is 3.92. The largest absolute Gasteiger partial charge is 0.478 e. The summed E-state index contributed by atoms with van der Waals surface area (Å²) in [6.07, 6.45) is 0. The zero-order valence-corrected chi connectivity index (χ0v) is 6.82. The molecule has 0 aliphatic rings. The quantitative estimate of drug-likeness (QED) is 0.715. The normalized spacial score (nSPS) is 10.2. The Kier molecular flexibility index (Phi) is 1.74. The Balaban J connectivity index is 2.83. The van der Waals surface area contributed by atoms with E-state index in [9.17, 15) is 4.79 Å². The van der Waals surface area contributed by atoms with Gasteiger partial charge in [0.05, 0.1) is 5.56 Å². The van der Waals surface area contributed by atoms with E-state index >= 15 is 0 Å². The molecule has 0 bridgehead atoms. The van der Waals surface area contributed by atoms with Crippen molar-refractivity contribution in [1.82, 2.24) is 0 Å². The molecule has 0 aliphatic carbocycles. The molecule has 63 valence electrons. The van der Waals surface area contributed by atoms with Crippen LogP contribution in [0.25, 0.3) is 10.8 Å². The van der Waals surface area contributed by atoms with E-state index in [2.05, 4.69) is 6.07 Å². The lowest BCUT2D eigenvalue weighted by Crippen LogP contribution is -1.96. The van der Waals surface area contributed by atoms with Crippen LogP contribution < -0.4 is 0 Å². The molecular formula is C11H7O2. The molecule has 0 aliphatic heterocycles. The van der Waals surface area contributed by atoms with E-state index < -0.39 is 5.97 Å². The zero-order chi connectivity index (χ0) is 9.26. The lowest BCUT2D eigenvalue weighted by Gasteiger charge is -1.99. The number of hydrogen-bond acceptors (Lipinski definition) is 1. The summed E-state index contributed by atoms with van der Waals surface area (Å²) in [6.45, 7) is 0. The number of fused-ring (bicyclic) bond motifs is 1. The molecule has 0 unspecified atom stereocenters. The van der Waals surface area contributed by atoms with Crippen molar-refractivity contribution in [3.8, 4) is 0 Å². The van der Waals surface area contributed by atoms with Gasteiger partial charge in [0, 0.05) is 5.39 Å². The maximum Gasteiger partial charge on any atom is 0.336 e. The van der Waals surface area contributed by atoms with Gasteiger partial charge in [0.1, 0.15) is 0 Å². The van der Waals surface area contributed by atoms with E-state index in [1.54, 1.807) is 18.2 Å². The third-order valence-corrected chi connectivity index (χ3v) is 1.93. The number of rotatable bonds is 1. The van der Waals surface area contributed by atoms with Gasteiger partial charge >= 0.3 is 5.97 Å². The molecule has 2 aromatic rings. The van der Waals surface area contributed by atoms with Crippen molar-refractivity contribution in [3.63, 3.8) is 0 Å². The zero-order valence-electron chi connectivity index (χ0n) is 6.82. The van der Waals surface area contributed by atoms with Gasteiger partial charge in [-0.1, -0.05) is 30.3 Å². The average molecular weight is 171 g/mol. The molecule has 2 rings (SSSR count). The molecule has 0 saturated carbocycles. The summed E-state index contributed by atoms with van der Waals surface area (Å²) in [4.78, 5) is 10.8. The maximum atomic E-state index is 10.8. The van der Waals surface area contributed by atoms with Crippen molar-refractivity contribution in [2.24, 2.45) is 0 Å². The van der Waals surface area contributed by atoms with Crippen LogP contribution in [0.5, 0.6) is 0 Å². The van der Waals surface area contributed by atoms with Gasteiger partial charge in [-0.05, 0) is 17.5 Å². The standard InChI is InChI=1S/C11H7O2/c12-11(13)10-7-3-5-8-4-1-2-6-9(8)10/h1-5,7H,(H,12,13). The molecule has 0 spiro atoms. The highest BCUT2D eigenvalue weighted by atomic mass is 16.4. The Morgan fingerprint density at radius 3 is 2.77 bits per heavy atom. The molecule has 0 fully saturated rings. The van der Waals surface area contributed by atoms with Crippen LogP contribution in [0, 0.1) is 6.07 Å². The Morgan fingerprint density at radius 1 is 1.23 bits per heavy atom. The SMILES string of the molecule is O=C(O)c1cccc2ccc[c]c12. The van der Waals surface area contributed by atoms with Crippen molar-refractivity contribution >= 4 is 16.7 Å². The molecule has 0 saturated heterocycles. The van der Waals surface area contributed by atoms with Crippen LogP contribution in [0.4, 0.5) is 0 Å². The second-order valence-corrected chi connectivity index (χ2v) is 2.75. The Morgan fingerprint density at radius 2 is 2.00 bits per heavy atom. The highest BCUT2D eigenvalue weighted by Crippen LogP contribution is 2.17. The molecule has 2 nitrogen and oxygen atoms in total. The fourth-order valence-corrected chi connectivity index (χ4v) is 1.33. The third-order valence-electron chi connectivity index (χ3n) is 1.93. The first-order chi connectivity index (χ1) is 6.29. The molecule has 1 radical (unpaired) electrons. The molecule has 2 aromatic carbocycles. The number of carboxylic acids is 1. The van der Waals surface area contributed by atoms with E-state index in [0.29, 0.717) is 10.9 Å². The van der Waals surface area contributed by atoms with Crippen molar-refractivity contribution in [3.05, 3.63) is 48.0 Å². The first-order valence-electron chi connectivity index (χ1n) is 3.92. The number of carboxylic acid groups (broad SMARTS) is 1. The Labute approximate surface area is 75.4 Å². The van der Waals surface area contributed by atoms with Crippen molar-refractivity contribution in [2.45, 2.75) is 0 Å². The van der Waals surface area contributed by atoms with Gasteiger partial charge in [-0.2, -0.15) is 0 Å². The van der Waals surface area contributed by atoms with Crippen LogP contribution in [0.15, 0.2) is 36.4 Å². The molecule has 0 heterocycles. The summed E-state index contributed by atoms with van der Waals surface area (Å²) in [5.41, 5.74) is 0.304. The highest BCUT2D eigenvalue weighted by Gasteiger charge is 2.06. The van der Waals surface area contributed by atoms with Crippen LogP contribution in [0.2, 0.25) is 0 Å². The van der Waals surface area contributed by atoms with Gasteiger partial charge < -0.3 is 5.11 Å². The van der Waals surface area contributed by atoms with Crippen LogP contribution in [-0.2, 0) is 0 Å². The van der Waals surface area contributed by atoms with Gasteiger partial charge in [0.2, 0.25) is 0 Å². The molecule has 2 heteroatoms. The summed E-state index contributed by atoms with van der Waals surface area (Å²) >= 11 is 0. The second-order valence-electron chi connectivity index (χ2n) is 2.75. The van der Waals surface area contributed by atoms with Crippen molar-refractivity contribution in [1.29, 1.82) is 0 Å². The molecule has 13 heavy (non-hydrogen) atoms. The van der Waals surface area contributed by atoms with Crippen molar-refractivity contribution in [2.75, 3.05) is 0 Å². The minimum absolute atomic E-state index is 0.304. The molecular weight excluding hydrogens is 164 g/mol. The van der Waals surface area contributed by atoms with Gasteiger partial charge in [0.25, 0.3) is 0 Å². The van der Waals surface area contributed by atoms with Gasteiger partial charge in [0.15, 0.2) is 0 Å². The Hall–Kier alpha value is -1.83. The van der Waals surface area contributed by atoms with Gasteiger partial charge in [-0.3, -0.25) is 0 Å². The number of hydrogen-bond donors (Lipinski definition) is 1. The van der Waals surface area contributed by atoms with E-state index in [1.807, 2.05) is 18.2 Å². The first kappa shape index (κ1) is 7.80. The van der Waals surface area contributed by atoms with Crippen molar-refractivity contribution < 1.29 is 9.90 Å². The molecule has 0 amide bonds. The lowest BCUT2D eigenvalue weighted by molar-refractivity contribution is 0.0699. The fourth-order valence-electron chi connectivity index (χ4n) is 1.33. The van der Waals surface area contributed by atoms with Crippen LogP contribution >= 0.6 is 0 Å². The van der Waals surface area contributed by atoms with E-state index in [4.69, 9.17) is 5.11 Å². The number of benzene rings is 2. The van der Waals surface area contributed by atoms with Crippen LogP contribution in [-0.4, -0.2) is 11.1 Å². The maximum absolute atomic E-state index is 10.8. The van der Waals surface area contributed by atoms with E-state index in [1.165, 1.54) is 0 Å². The summed E-state index contributed by atoms with van der Waals surface area (Å²) in [7, 11) is 0. The molecule has 0 atom stereocenters. The summed E-state index contributed by atoms with van der Waals surface area (Å²) in [5.74, 6) is -0.909. The van der Waals surface area contributed by atoms with Crippen LogP contribution in [0.3, 0.4) is 0 Å². The average Bonchev–Trinajstić information content (AvgIpc) is 2.17. The Bertz CT molecular complexity index is 455. The van der Waals surface area contributed by atoms with Gasteiger partial charge in [-0.25, -0.2) is 4.79 Å². The lowest BCUT2D eigenvalue weighted by atomic mass is 10.1. The molecule has 0 aromatic heterocycles. The number of aromatic carboxylic acids is 1. The smallest absolute Gasteiger partial charge is 0.336 e. The van der Waals surface area contributed by atoms with Crippen LogP contribution in [0.1, 0.15) is 10.4 Å². The van der Waals surface area contributed by atoms with E-state index in [-0.39, 0.29) is 0 Å². The fraction of sp³-hybridized carbons (Fsp3) is 0. The van der Waals surface area contributed by atoms with Gasteiger partial charge in [-0.15, -0.1) is 0 Å². The summed E-state index contributed by atoms with van der Waals surface area (Å²) < 4.78 is 0. The predicted molar refractivity (Wildman–Crippen MR) is 49.7 cm³/mol. The predicted octanol–water partition coefficient (Wildman–Crippen LogP) is 2.34. The third kappa shape index (κ3) is 1.26. The topological polar surface area (TPSA) is 37.3 Å². The summed E-state index contributed by atoms with van der Waals surface area (Å²) in [6, 6.07) is 13.5. The summed E-state index contributed by atoms with van der Waals surface area (Å²) in [5, 5.41) is 10.4. The van der Waals surface area contributed by atoms with E-state index in [0.717, 1.165) is 5.39 Å². The monoisotopic (exact) mass is 171 g/mol. The highest BCUT2D eigenvalue weighted by molar-refractivity contribution is 6.03.